The zero-order chi connectivity index (χ0) is 21.8. The Morgan fingerprint density at radius 2 is 1.87 bits per heavy atom. The number of para-hydroxylation sites is 1. The van der Waals surface area contributed by atoms with Crippen LogP contribution in [0, 0.1) is 39.9 Å². The molecular weight excluding hydrogens is 388 g/mol. The van der Waals surface area contributed by atoms with Crippen molar-refractivity contribution < 1.29 is 19.7 Å². The Labute approximate surface area is 185 Å². The number of fused-ring (bicyclic) bond motifs is 2. The number of rotatable bonds is 3. The van der Waals surface area contributed by atoms with Crippen molar-refractivity contribution in [2.24, 2.45) is 39.9 Å². The number of carbonyl (C=O) groups excluding carboxylic acids is 1. The summed E-state index contributed by atoms with van der Waals surface area (Å²) in [6.45, 7) is 4.76. The summed E-state index contributed by atoms with van der Waals surface area (Å²) in [6, 6.07) is 7.74. The van der Waals surface area contributed by atoms with Gasteiger partial charge in [0.2, 0.25) is 0 Å². The second kappa shape index (κ2) is 6.14. The van der Waals surface area contributed by atoms with E-state index in [0.717, 1.165) is 31.2 Å². The molecule has 5 aliphatic rings. The van der Waals surface area contributed by atoms with Crippen LogP contribution in [0.15, 0.2) is 24.3 Å². The SMILES string of the molecule is COC1CC(=O)C2C3CC4CCC5(CCC(Cc6ccccc6O)C5)C3(C)C4(C)C12O. The predicted molar refractivity (Wildman–Crippen MR) is 117 cm³/mol. The molecule has 5 aliphatic carbocycles. The van der Waals surface area contributed by atoms with Crippen molar-refractivity contribution in [3.05, 3.63) is 29.8 Å². The maximum absolute atomic E-state index is 13.2. The minimum absolute atomic E-state index is 0.0390. The standard InChI is InChI=1S/C27H36O4/c1-24-18-9-11-26(10-8-16(15-26)12-17-6-4-5-7-20(17)28)25(24,2)19(13-18)23-21(29)14-22(31-3)27(23,24)30/h4-7,16,18-19,22-23,28,30H,8-15H2,1-3H3. The van der Waals surface area contributed by atoms with E-state index in [1.165, 1.54) is 19.3 Å². The fourth-order valence-electron chi connectivity index (χ4n) is 10.3. The van der Waals surface area contributed by atoms with Gasteiger partial charge in [0.25, 0.3) is 0 Å². The number of benzene rings is 1. The summed E-state index contributed by atoms with van der Waals surface area (Å²) in [7, 11) is 1.67. The molecule has 2 N–H and O–H groups in total. The van der Waals surface area contributed by atoms with Crippen LogP contribution < -0.4 is 0 Å². The molecule has 4 nitrogen and oxygen atoms in total. The average molecular weight is 425 g/mol. The summed E-state index contributed by atoms with van der Waals surface area (Å²) in [5.41, 5.74) is -0.112. The van der Waals surface area contributed by atoms with E-state index in [9.17, 15) is 15.0 Å². The second-order valence-electron chi connectivity index (χ2n) is 11.9. The largest absolute Gasteiger partial charge is 0.508 e. The Hall–Kier alpha value is -1.39. The molecule has 4 heteroatoms. The number of ketones is 1. The minimum Gasteiger partial charge on any atom is -0.508 e. The second-order valence-corrected chi connectivity index (χ2v) is 11.9. The molecule has 5 saturated carbocycles. The van der Waals surface area contributed by atoms with Gasteiger partial charge < -0.3 is 14.9 Å². The molecule has 5 fully saturated rings. The van der Waals surface area contributed by atoms with E-state index in [4.69, 9.17) is 4.74 Å². The molecule has 168 valence electrons. The third-order valence-corrected chi connectivity index (χ3v) is 11.7. The van der Waals surface area contributed by atoms with Gasteiger partial charge in [0.05, 0.1) is 12.0 Å². The maximum atomic E-state index is 13.2. The van der Waals surface area contributed by atoms with Crippen molar-refractivity contribution in [2.45, 2.75) is 76.9 Å². The zero-order valence-electron chi connectivity index (χ0n) is 19.1. The Morgan fingerprint density at radius 1 is 1.13 bits per heavy atom. The number of Topliss-reactive ketones (excluding diaryl/α,β-unsaturated/α-hetero) is 1. The summed E-state index contributed by atoms with van der Waals surface area (Å²) >= 11 is 0. The smallest absolute Gasteiger partial charge is 0.141 e. The van der Waals surface area contributed by atoms with Crippen molar-refractivity contribution in [1.82, 2.24) is 0 Å². The van der Waals surface area contributed by atoms with Gasteiger partial charge in [-0.15, -0.1) is 0 Å². The van der Waals surface area contributed by atoms with Crippen molar-refractivity contribution in [2.75, 3.05) is 7.11 Å². The number of carbonyl (C=O) groups is 1. The molecule has 0 amide bonds. The number of phenols is 1. The van der Waals surface area contributed by atoms with Gasteiger partial charge in [0, 0.05) is 18.9 Å². The third-order valence-electron chi connectivity index (χ3n) is 11.7. The van der Waals surface area contributed by atoms with Crippen LogP contribution in [0.5, 0.6) is 5.75 Å². The monoisotopic (exact) mass is 424 g/mol. The first-order valence-electron chi connectivity index (χ1n) is 12.3. The molecule has 0 aromatic heterocycles. The molecule has 0 radical (unpaired) electrons. The van der Waals surface area contributed by atoms with Crippen molar-refractivity contribution >= 4 is 5.78 Å². The van der Waals surface area contributed by atoms with E-state index >= 15 is 0 Å². The lowest BCUT2D eigenvalue weighted by molar-refractivity contribution is -0.221. The fraction of sp³-hybridized carbons (Fsp3) is 0.741. The summed E-state index contributed by atoms with van der Waals surface area (Å²) in [4.78, 5) is 13.2. The Morgan fingerprint density at radius 3 is 2.61 bits per heavy atom. The maximum Gasteiger partial charge on any atom is 0.141 e. The first-order chi connectivity index (χ1) is 14.7. The lowest BCUT2D eigenvalue weighted by Gasteiger charge is -2.61. The Bertz CT molecular complexity index is 943. The van der Waals surface area contributed by atoms with Gasteiger partial charge in [0.1, 0.15) is 17.1 Å². The molecule has 9 unspecified atom stereocenters. The van der Waals surface area contributed by atoms with Gasteiger partial charge in [0.15, 0.2) is 0 Å². The summed E-state index contributed by atoms with van der Waals surface area (Å²) in [6.07, 6.45) is 7.88. The number of ether oxygens (including phenoxy) is 1. The number of aliphatic hydroxyl groups is 1. The molecule has 0 aliphatic heterocycles. The van der Waals surface area contributed by atoms with E-state index in [1.54, 1.807) is 13.2 Å². The van der Waals surface area contributed by atoms with Crippen LogP contribution in [0.4, 0.5) is 0 Å². The number of hydrogen-bond acceptors (Lipinski definition) is 4. The van der Waals surface area contributed by atoms with Gasteiger partial charge in [-0.3, -0.25) is 4.79 Å². The molecular formula is C27H36O4. The first kappa shape index (κ1) is 20.2. The van der Waals surface area contributed by atoms with E-state index < -0.39 is 5.60 Å². The van der Waals surface area contributed by atoms with E-state index in [2.05, 4.69) is 19.9 Å². The third kappa shape index (κ3) is 2.04. The molecule has 4 bridgehead atoms. The quantitative estimate of drug-likeness (QED) is 0.749. The van der Waals surface area contributed by atoms with Crippen molar-refractivity contribution in [1.29, 1.82) is 0 Å². The van der Waals surface area contributed by atoms with Crippen LogP contribution in [0.2, 0.25) is 0 Å². The van der Waals surface area contributed by atoms with Crippen LogP contribution in [-0.2, 0) is 16.0 Å². The van der Waals surface area contributed by atoms with Crippen molar-refractivity contribution in [3.8, 4) is 5.75 Å². The summed E-state index contributed by atoms with van der Waals surface area (Å²) < 4.78 is 5.79. The predicted octanol–water partition coefficient (Wildman–Crippen LogP) is 4.51. The highest BCUT2D eigenvalue weighted by molar-refractivity contribution is 5.88. The zero-order valence-corrected chi connectivity index (χ0v) is 19.1. The highest BCUT2D eigenvalue weighted by Gasteiger charge is 2.87. The fourth-order valence-corrected chi connectivity index (χ4v) is 10.3. The molecule has 6 rings (SSSR count). The van der Waals surface area contributed by atoms with Crippen LogP contribution >= 0.6 is 0 Å². The van der Waals surface area contributed by atoms with Crippen LogP contribution in [-0.4, -0.2) is 34.8 Å². The van der Waals surface area contributed by atoms with E-state index in [1.807, 2.05) is 12.1 Å². The molecule has 0 heterocycles. The van der Waals surface area contributed by atoms with Crippen LogP contribution in [0.25, 0.3) is 0 Å². The van der Waals surface area contributed by atoms with Crippen LogP contribution in [0.3, 0.4) is 0 Å². The highest BCUT2D eigenvalue weighted by Crippen LogP contribution is 2.86. The molecule has 0 saturated heterocycles. The molecule has 1 spiro atoms. The lowest BCUT2D eigenvalue weighted by atomic mass is 9.44. The van der Waals surface area contributed by atoms with Crippen molar-refractivity contribution in [3.63, 3.8) is 0 Å². The normalized spacial score (nSPS) is 52.3. The number of phenolic OH excluding ortho intramolecular Hbond substituents is 1. The summed E-state index contributed by atoms with van der Waals surface area (Å²) in [5, 5.41) is 22.6. The lowest BCUT2D eigenvalue weighted by Crippen LogP contribution is -2.63. The molecule has 1 aromatic carbocycles. The topological polar surface area (TPSA) is 66.8 Å². The molecule has 9 atom stereocenters. The summed E-state index contributed by atoms with van der Waals surface area (Å²) in [5.74, 6) is 1.68. The van der Waals surface area contributed by atoms with Gasteiger partial charge in [-0.2, -0.15) is 0 Å². The van der Waals surface area contributed by atoms with E-state index in [0.29, 0.717) is 24.0 Å². The Kier molecular flexibility index (Phi) is 4.01. The van der Waals surface area contributed by atoms with Gasteiger partial charge in [-0.25, -0.2) is 0 Å². The average Bonchev–Trinajstić information content (AvgIpc) is 3.36. The van der Waals surface area contributed by atoms with Crippen LogP contribution in [0.1, 0.15) is 64.4 Å². The molecule has 31 heavy (non-hydrogen) atoms. The van der Waals surface area contributed by atoms with Gasteiger partial charge in [-0.1, -0.05) is 32.0 Å². The first-order valence-corrected chi connectivity index (χ1v) is 12.3. The van der Waals surface area contributed by atoms with E-state index in [-0.39, 0.29) is 40.0 Å². The molecule has 1 aromatic rings. The number of hydrogen-bond donors (Lipinski definition) is 2. The highest BCUT2D eigenvalue weighted by atomic mass is 16.5. The Balaban J connectivity index is 1.39. The number of aromatic hydroxyl groups is 1. The number of methoxy groups -OCH3 is 1. The van der Waals surface area contributed by atoms with Gasteiger partial charge in [-0.05, 0) is 85.2 Å². The minimum atomic E-state index is -1.02. The van der Waals surface area contributed by atoms with Gasteiger partial charge >= 0.3 is 0 Å².